The van der Waals surface area contributed by atoms with Gasteiger partial charge in [0.15, 0.2) is 0 Å². The van der Waals surface area contributed by atoms with Crippen LogP contribution in [-0.2, 0) is 4.79 Å². The van der Waals surface area contributed by atoms with Crippen molar-refractivity contribution in [1.29, 1.82) is 0 Å². The number of hydrogen-bond acceptors (Lipinski definition) is 3. The molecule has 2 aromatic rings. The molecule has 2 rings (SSSR count). The van der Waals surface area contributed by atoms with Crippen molar-refractivity contribution in [3.63, 3.8) is 0 Å². The third-order valence-corrected chi connectivity index (χ3v) is 2.04. The monoisotopic (exact) mass is 209 g/mol. The molecule has 0 saturated carbocycles. The highest BCUT2D eigenvalue weighted by atomic mass is 16.1. The van der Waals surface area contributed by atoms with E-state index in [1.54, 1.807) is 24.3 Å². The summed E-state index contributed by atoms with van der Waals surface area (Å²) in [5.74, 6) is 0. The van der Waals surface area contributed by atoms with Gasteiger partial charge in [-0.25, -0.2) is 0 Å². The molecule has 0 heterocycles. The second-order valence-electron chi connectivity index (χ2n) is 3.15. The highest BCUT2D eigenvalue weighted by molar-refractivity contribution is 5.82. The molecule has 3 heteroatoms. The molecule has 0 aliphatic carbocycles. The molecular weight excluding hydrogens is 200 g/mol. The van der Waals surface area contributed by atoms with E-state index in [4.69, 9.17) is 0 Å². The Morgan fingerprint density at radius 3 is 2.25 bits per heavy atom. The first-order valence-corrected chi connectivity index (χ1v) is 4.84. The topological polar surface area (TPSA) is 41.8 Å². The number of rotatable bonds is 3. The Morgan fingerprint density at radius 1 is 0.812 bits per heavy atom. The zero-order valence-electron chi connectivity index (χ0n) is 8.50. The van der Waals surface area contributed by atoms with E-state index in [2.05, 4.69) is 10.2 Å². The standard InChI is InChI=1S/C13H9N2O/c16-10-11-6-4-5-9-13(11)15-14-12-7-2-1-3-8-12/h1-9H. The fourth-order valence-electron chi connectivity index (χ4n) is 1.25. The van der Waals surface area contributed by atoms with Gasteiger partial charge >= 0.3 is 0 Å². The first-order valence-electron chi connectivity index (χ1n) is 4.84. The van der Waals surface area contributed by atoms with Crippen LogP contribution in [0, 0.1) is 0 Å². The van der Waals surface area contributed by atoms with Crippen LogP contribution < -0.4 is 0 Å². The van der Waals surface area contributed by atoms with Gasteiger partial charge in [0.1, 0.15) is 0 Å². The van der Waals surface area contributed by atoms with Gasteiger partial charge in [0, 0.05) is 0 Å². The van der Waals surface area contributed by atoms with Crippen LogP contribution in [0.1, 0.15) is 5.56 Å². The molecule has 0 aliphatic heterocycles. The van der Waals surface area contributed by atoms with Crippen LogP contribution in [0.25, 0.3) is 0 Å². The number of nitrogens with zero attached hydrogens (tertiary/aromatic N) is 2. The van der Waals surface area contributed by atoms with Crippen LogP contribution in [0.5, 0.6) is 0 Å². The molecule has 77 valence electrons. The summed E-state index contributed by atoms with van der Waals surface area (Å²) < 4.78 is 0. The Morgan fingerprint density at radius 2 is 1.50 bits per heavy atom. The second kappa shape index (κ2) is 4.98. The van der Waals surface area contributed by atoms with Crippen molar-refractivity contribution in [3.8, 4) is 0 Å². The fourth-order valence-corrected chi connectivity index (χ4v) is 1.25. The maximum Gasteiger partial charge on any atom is 0.235 e. The van der Waals surface area contributed by atoms with Crippen molar-refractivity contribution < 1.29 is 4.79 Å². The SMILES string of the molecule is O=[C]c1ccccc1N=Nc1ccccc1. The fraction of sp³-hybridized carbons (Fsp3) is 0. The number of hydrogen-bond donors (Lipinski definition) is 0. The molecule has 1 radical (unpaired) electrons. The quantitative estimate of drug-likeness (QED) is 0.712. The van der Waals surface area contributed by atoms with E-state index >= 15 is 0 Å². The van der Waals surface area contributed by atoms with Crippen molar-refractivity contribution in [2.75, 3.05) is 0 Å². The summed E-state index contributed by atoms with van der Waals surface area (Å²) >= 11 is 0. The lowest BCUT2D eigenvalue weighted by Gasteiger charge is -1.95. The minimum absolute atomic E-state index is 0.419. The smallest absolute Gasteiger partial charge is 0.235 e. The van der Waals surface area contributed by atoms with E-state index < -0.39 is 0 Å². The van der Waals surface area contributed by atoms with E-state index in [0.717, 1.165) is 5.69 Å². The van der Waals surface area contributed by atoms with E-state index in [1.807, 2.05) is 36.6 Å². The van der Waals surface area contributed by atoms with Gasteiger partial charge in [-0.2, -0.15) is 5.11 Å². The average molecular weight is 209 g/mol. The molecule has 0 fully saturated rings. The van der Waals surface area contributed by atoms with Crippen LogP contribution in [0.15, 0.2) is 64.8 Å². The minimum atomic E-state index is 0.419. The van der Waals surface area contributed by atoms with Gasteiger partial charge in [0.25, 0.3) is 0 Å². The molecule has 0 aliphatic rings. The normalized spacial score (nSPS) is 10.5. The molecule has 0 unspecified atom stereocenters. The molecule has 0 aromatic heterocycles. The summed E-state index contributed by atoms with van der Waals surface area (Å²) in [6.07, 6.45) is 1.83. The van der Waals surface area contributed by atoms with E-state index in [-0.39, 0.29) is 0 Å². The van der Waals surface area contributed by atoms with E-state index in [0.29, 0.717) is 11.3 Å². The van der Waals surface area contributed by atoms with Gasteiger partial charge in [-0.15, -0.1) is 5.11 Å². The predicted molar refractivity (Wildman–Crippen MR) is 61.9 cm³/mol. The minimum Gasteiger partial charge on any atom is -0.285 e. The highest BCUT2D eigenvalue weighted by Crippen LogP contribution is 2.20. The van der Waals surface area contributed by atoms with Crippen molar-refractivity contribution >= 4 is 17.7 Å². The third kappa shape index (κ3) is 2.39. The molecule has 0 amide bonds. The summed E-state index contributed by atoms with van der Waals surface area (Å²) in [7, 11) is 0. The molecule has 0 bridgehead atoms. The molecule has 0 atom stereocenters. The number of carbonyl (C=O) groups excluding carboxylic acids is 1. The Hall–Kier alpha value is -2.29. The Bertz CT molecular complexity index is 506. The van der Waals surface area contributed by atoms with E-state index in [9.17, 15) is 4.79 Å². The summed E-state index contributed by atoms with van der Waals surface area (Å²) in [5.41, 5.74) is 1.70. The van der Waals surface area contributed by atoms with Crippen LogP contribution in [0.2, 0.25) is 0 Å². The van der Waals surface area contributed by atoms with Gasteiger partial charge in [-0.05, 0) is 24.3 Å². The zero-order chi connectivity index (χ0) is 11.2. The summed E-state index contributed by atoms with van der Waals surface area (Å²) in [5, 5.41) is 8.04. The summed E-state index contributed by atoms with van der Waals surface area (Å²) in [4.78, 5) is 10.6. The van der Waals surface area contributed by atoms with Crippen LogP contribution in [-0.4, -0.2) is 6.29 Å². The summed E-state index contributed by atoms with van der Waals surface area (Å²) in [6.45, 7) is 0. The number of benzene rings is 2. The zero-order valence-corrected chi connectivity index (χ0v) is 8.50. The Balaban J connectivity index is 2.27. The molecular formula is C13H9N2O. The van der Waals surface area contributed by atoms with Gasteiger partial charge in [-0.3, -0.25) is 4.79 Å². The van der Waals surface area contributed by atoms with Crippen LogP contribution in [0.3, 0.4) is 0 Å². The van der Waals surface area contributed by atoms with Crippen molar-refractivity contribution in [1.82, 2.24) is 0 Å². The molecule has 0 saturated heterocycles. The largest absolute Gasteiger partial charge is 0.285 e. The number of azo groups is 1. The first kappa shape index (κ1) is 10.2. The lowest BCUT2D eigenvalue weighted by atomic mass is 10.2. The van der Waals surface area contributed by atoms with Crippen molar-refractivity contribution in [2.45, 2.75) is 0 Å². The van der Waals surface area contributed by atoms with Gasteiger partial charge in [0.2, 0.25) is 6.29 Å². The third-order valence-electron chi connectivity index (χ3n) is 2.04. The molecule has 0 spiro atoms. The van der Waals surface area contributed by atoms with Crippen LogP contribution >= 0.6 is 0 Å². The van der Waals surface area contributed by atoms with Crippen molar-refractivity contribution in [2.24, 2.45) is 10.2 Å². The van der Waals surface area contributed by atoms with Gasteiger partial charge in [-0.1, -0.05) is 30.3 Å². The molecule has 16 heavy (non-hydrogen) atoms. The first-order chi connectivity index (χ1) is 7.90. The lowest BCUT2D eigenvalue weighted by molar-refractivity contribution is 0.563. The lowest BCUT2D eigenvalue weighted by Crippen LogP contribution is -1.78. The van der Waals surface area contributed by atoms with Crippen LogP contribution in [0.4, 0.5) is 11.4 Å². The average Bonchev–Trinajstić information content (AvgIpc) is 2.38. The Labute approximate surface area is 93.5 Å². The summed E-state index contributed by atoms with van der Waals surface area (Å²) in [6, 6.07) is 16.3. The van der Waals surface area contributed by atoms with E-state index in [1.165, 1.54) is 0 Å². The Kier molecular flexibility index (Phi) is 3.18. The van der Waals surface area contributed by atoms with Crippen molar-refractivity contribution in [3.05, 3.63) is 60.2 Å². The van der Waals surface area contributed by atoms with Gasteiger partial charge in [0.05, 0.1) is 16.9 Å². The van der Waals surface area contributed by atoms with Gasteiger partial charge < -0.3 is 0 Å². The predicted octanol–water partition coefficient (Wildman–Crippen LogP) is 3.56. The highest BCUT2D eigenvalue weighted by Gasteiger charge is 1.98. The maximum absolute atomic E-state index is 10.6. The second-order valence-corrected chi connectivity index (χ2v) is 3.15. The molecule has 3 nitrogen and oxygen atoms in total. The molecule has 2 aromatic carbocycles. The maximum atomic E-state index is 10.6. The molecule has 0 N–H and O–H groups in total.